The van der Waals surface area contributed by atoms with E-state index in [-0.39, 0.29) is 29.7 Å². The number of nitrogens with zero attached hydrogens (tertiary/aromatic N) is 4. The summed E-state index contributed by atoms with van der Waals surface area (Å²) in [4.78, 5) is 22.4. The Morgan fingerprint density at radius 2 is 2.09 bits per heavy atom. The van der Waals surface area contributed by atoms with Gasteiger partial charge in [-0.25, -0.2) is 9.97 Å². The summed E-state index contributed by atoms with van der Waals surface area (Å²) in [5, 5.41) is 17.0. The van der Waals surface area contributed by atoms with Crippen LogP contribution in [0.2, 0.25) is 5.02 Å². The highest BCUT2D eigenvalue weighted by molar-refractivity contribution is 7.28. The molecule has 3 heterocycles. The van der Waals surface area contributed by atoms with Gasteiger partial charge in [0.05, 0.1) is 27.5 Å². The van der Waals surface area contributed by atoms with Crippen LogP contribution in [0.15, 0.2) is 36.7 Å². The van der Waals surface area contributed by atoms with Gasteiger partial charge in [-0.3, -0.25) is 10.1 Å². The lowest BCUT2D eigenvalue weighted by Gasteiger charge is -2.37. The molecule has 9 nitrogen and oxygen atoms in total. The summed E-state index contributed by atoms with van der Waals surface area (Å²) >= 11 is 6.22. The van der Waals surface area contributed by atoms with Gasteiger partial charge in [-0.1, -0.05) is 17.7 Å². The summed E-state index contributed by atoms with van der Waals surface area (Å²) in [7, 11) is 4.69. The molecule has 184 valence electrons. The molecule has 0 radical (unpaired) electrons. The monoisotopic (exact) mass is 515 g/mol. The largest absolute Gasteiger partial charge is 0.484 e. The van der Waals surface area contributed by atoms with Gasteiger partial charge in [-0.15, -0.1) is 9.24 Å². The number of piperidine rings is 1. The minimum Gasteiger partial charge on any atom is -0.484 e. The second-order valence-electron chi connectivity index (χ2n) is 9.25. The van der Waals surface area contributed by atoms with Gasteiger partial charge in [0.2, 0.25) is 0 Å². The van der Waals surface area contributed by atoms with Crippen LogP contribution in [0.25, 0.3) is 10.9 Å². The van der Waals surface area contributed by atoms with Gasteiger partial charge in [0.1, 0.15) is 18.8 Å². The number of benzene rings is 2. The highest BCUT2D eigenvalue weighted by Crippen LogP contribution is 2.40. The number of nitro groups is 1. The third kappa shape index (κ3) is 5.19. The molecule has 35 heavy (non-hydrogen) atoms. The van der Waals surface area contributed by atoms with Crippen molar-refractivity contribution < 1.29 is 14.4 Å². The molecule has 2 aromatic carbocycles. The molecule has 5 rings (SSSR count). The zero-order valence-electron chi connectivity index (χ0n) is 19.4. The maximum atomic E-state index is 11.9. The van der Waals surface area contributed by atoms with Crippen molar-refractivity contribution in [1.82, 2.24) is 14.9 Å². The summed E-state index contributed by atoms with van der Waals surface area (Å²) in [5.74, 6) is 0.621. The van der Waals surface area contributed by atoms with E-state index in [1.165, 1.54) is 12.4 Å². The molecular formula is C24H27ClN5O4P. The molecule has 3 aromatic rings. The van der Waals surface area contributed by atoms with Gasteiger partial charge in [0.25, 0.3) is 0 Å². The molecule has 2 aliphatic heterocycles. The van der Waals surface area contributed by atoms with E-state index in [4.69, 9.17) is 21.1 Å². The number of ether oxygens (including phenoxy) is 2. The smallest absolute Gasteiger partial charge is 0.311 e. The molecule has 2 unspecified atom stereocenters. The fourth-order valence-corrected chi connectivity index (χ4v) is 5.12. The van der Waals surface area contributed by atoms with Crippen LogP contribution in [0, 0.1) is 10.1 Å². The zero-order chi connectivity index (χ0) is 24.6. The van der Waals surface area contributed by atoms with E-state index in [2.05, 4.69) is 36.5 Å². The summed E-state index contributed by atoms with van der Waals surface area (Å²) in [5.41, 5.74) is 1.03. The molecule has 0 saturated carbocycles. The number of rotatable bonds is 6. The summed E-state index contributed by atoms with van der Waals surface area (Å²) in [6.07, 6.45) is 5.23. The average molecular weight is 516 g/mol. The fourth-order valence-electron chi connectivity index (χ4n) is 4.76. The van der Waals surface area contributed by atoms with Crippen molar-refractivity contribution in [2.75, 3.05) is 32.1 Å². The summed E-state index contributed by atoms with van der Waals surface area (Å²) < 4.78 is 12.3. The number of fused-ring (bicyclic) bond motifs is 1. The summed E-state index contributed by atoms with van der Waals surface area (Å²) in [6.45, 7) is 2.31. The SMILES string of the molecule is CN1CCC2(CCC(COc3cc4ncnc(Nc5ccc(P)c(Cl)c5)c4cc3[N+](=O)[O-])O2)CC1. The molecule has 2 saturated heterocycles. The maximum absolute atomic E-state index is 11.9. The van der Waals surface area contributed by atoms with E-state index in [1.807, 2.05) is 12.1 Å². The number of anilines is 2. The number of hydrogen-bond donors (Lipinski definition) is 1. The Hall–Kier alpha value is -2.58. The predicted molar refractivity (Wildman–Crippen MR) is 139 cm³/mol. The Balaban J connectivity index is 1.36. The molecule has 1 N–H and O–H groups in total. The highest BCUT2D eigenvalue weighted by Gasteiger charge is 2.42. The number of likely N-dealkylation sites (tertiary alicyclic amines) is 1. The molecule has 0 bridgehead atoms. The third-order valence-electron chi connectivity index (χ3n) is 6.84. The first-order valence-electron chi connectivity index (χ1n) is 11.6. The lowest BCUT2D eigenvalue weighted by atomic mass is 9.89. The number of halogens is 1. The van der Waals surface area contributed by atoms with Crippen molar-refractivity contribution >= 4 is 54.2 Å². The van der Waals surface area contributed by atoms with Crippen LogP contribution in [-0.2, 0) is 4.74 Å². The quantitative estimate of drug-likeness (QED) is 0.292. The first-order chi connectivity index (χ1) is 16.8. The van der Waals surface area contributed by atoms with E-state index in [0.717, 1.165) is 44.1 Å². The second-order valence-corrected chi connectivity index (χ2v) is 10.3. The van der Waals surface area contributed by atoms with E-state index < -0.39 is 4.92 Å². The standard InChI is InChI=1S/C24H27ClN5O4P/c1-29-8-6-24(7-9-29)5-4-16(34-24)13-33-21-12-19-17(11-20(21)30(31)32)23(27-14-26-19)28-15-2-3-22(35)18(25)10-15/h2-3,10-12,14,16H,4-9,13,35H2,1H3,(H,26,27,28). The van der Waals surface area contributed by atoms with Crippen LogP contribution in [0.1, 0.15) is 25.7 Å². The molecule has 11 heteroatoms. The Kier molecular flexibility index (Phi) is 6.77. The van der Waals surface area contributed by atoms with Crippen molar-refractivity contribution in [3.05, 3.63) is 51.8 Å². The molecule has 1 spiro atoms. The van der Waals surface area contributed by atoms with E-state index in [9.17, 15) is 10.1 Å². The van der Waals surface area contributed by atoms with Crippen molar-refractivity contribution in [3.63, 3.8) is 0 Å². The number of nitro benzene ring substituents is 1. The topological polar surface area (TPSA) is 103 Å². The van der Waals surface area contributed by atoms with Gasteiger partial charge in [-0.2, -0.15) is 0 Å². The second kappa shape index (κ2) is 9.82. The highest BCUT2D eigenvalue weighted by atomic mass is 35.5. The maximum Gasteiger partial charge on any atom is 0.311 e. The van der Waals surface area contributed by atoms with Gasteiger partial charge in [0.15, 0.2) is 5.75 Å². The van der Waals surface area contributed by atoms with Crippen LogP contribution in [0.3, 0.4) is 0 Å². The lowest BCUT2D eigenvalue weighted by molar-refractivity contribution is -0.385. The zero-order valence-corrected chi connectivity index (χ0v) is 21.3. The lowest BCUT2D eigenvalue weighted by Crippen LogP contribution is -2.43. The Morgan fingerprint density at radius 3 is 2.83 bits per heavy atom. The van der Waals surface area contributed by atoms with Crippen LogP contribution in [0.5, 0.6) is 5.75 Å². The van der Waals surface area contributed by atoms with E-state index in [1.54, 1.807) is 12.1 Å². The average Bonchev–Trinajstić information content (AvgIpc) is 3.24. The Labute approximate surface area is 210 Å². The molecular weight excluding hydrogens is 489 g/mol. The van der Waals surface area contributed by atoms with Crippen LogP contribution >= 0.6 is 20.8 Å². The molecule has 1 aromatic heterocycles. The molecule has 2 atom stereocenters. The minimum absolute atomic E-state index is 0.0821. The number of aromatic nitrogens is 2. The van der Waals surface area contributed by atoms with Crippen LogP contribution in [-0.4, -0.2) is 58.2 Å². The van der Waals surface area contributed by atoms with E-state index >= 15 is 0 Å². The summed E-state index contributed by atoms with van der Waals surface area (Å²) in [6, 6.07) is 8.52. The molecule has 2 aliphatic rings. The van der Waals surface area contributed by atoms with Gasteiger partial charge in [0, 0.05) is 35.9 Å². The van der Waals surface area contributed by atoms with Crippen molar-refractivity contribution in [2.24, 2.45) is 0 Å². The number of nitrogens with one attached hydrogen (secondary N) is 1. The molecule has 0 amide bonds. The van der Waals surface area contributed by atoms with Gasteiger partial charge >= 0.3 is 5.69 Å². The minimum atomic E-state index is -0.445. The van der Waals surface area contributed by atoms with Crippen molar-refractivity contribution in [2.45, 2.75) is 37.4 Å². The van der Waals surface area contributed by atoms with Crippen LogP contribution in [0.4, 0.5) is 17.2 Å². The van der Waals surface area contributed by atoms with Crippen LogP contribution < -0.4 is 15.4 Å². The third-order valence-corrected chi connectivity index (χ3v) is 7.85. The predicted octanol–water partition coefficient (Wildman–Crippen LogP) is 4.46. The fraction of sp³-hybridized carbons (Fsp3) is 0.417. The normalized spacial score (nSPS) is 19.8. The first kappa shape index (κ1) is 24.1. The number of hydrogen-bond acceptors (Lipinski definition) is 8. The van der Waals surface area contributed by atoms with Crippen molar-refractivity contribution in [3.8, 4) is 5.75 Å². The molecule has 0 aliphatic carbocycles. The van der Waals surface area contributed by atoms with Crippen molar-refractivity contribution in [1.29, 1.82) is 0 Å². The van der Waals surface area contributed by atoms with E-state index in [0.29, 0.717) is 27.4 Å². The van der Waals surface area contributed by atoms with Gasteiger partial charge in [-0.05, 0) is 50.2 Å². The Bertz CT molecular complexity index is 1270. The van der Waals surface area contributed by atoms with Gasteiger partial charge < -0.3 is 19.7 Å². The first-order valence-corrected chi connectivity index (χ1v) is 12.5. The Morgan fingerprint density at radius 1 is 1.29 bits per heavy atom. The molecule has 2 fully saturated rings.